The van der Waals surface area contributed by atoms with E-state index in [-0.39, 0.29) is 5.91 Å². The maximum atomic E-state index is 11.7. The van der Waals surface area contributed by atoms with Crippen LogP contribution in [0.25, 0.3) is 0 Å². The van der Waals surface area contributed by atoms with Gasteiger partial charge in [-0.25, -0.2) is 0 Å². The van der Waals surface area contributed by atoms with Crippen LogP contribution in [0.15, 0.2) is 0 Å². The number of piperidine rings is 1. The summed E-state index contributed by atoms with van der Waals surface area (Å²) in [6.45, 7) is 2.35. The fourth-order valence-electron chi connectivity index (χ4n) is 1.82. The number of nitrogens with zero attached hydrogens (tertiary/aromatic N) is 1. The van der Waals surface area contributed by atoms with E-state index >= 15 is 0 Å². The molecule has 1 N–H and O–H groups in total. The molecule has 0 spiro atoms. The Hall–Kier alpha value is -0.610. The Labute approximate surface area is 92.0 Å². The summed E-state index contributed by atoms with van der Waals surface area (Å²) in [5.74, 6) is 0.214. The third kappa shape index (κ3) is 4.62. The predicted molar refractivity (Wildman–Crippen MR) is 59.8 cm³/mol. The van der Waals surface area contributed by atoms with E-state index in [0.29, 0.717) is 25.6 Å². The second-order valence-corrected chi connectivity index (χ2v) is 4.16. The van der Waals surface area contributed by atoms with Gasteiger partial charge in [0.1, 0.15) is 0 Å². The normalized spacial score (nSPS) is 21.3. The smallest absolute Gasteiger partial charge is 0.223 e. The van der Waals surface area contributed by atoms with Gasteiger partial charge in [-0.2, -0.15) is 0 Å². The minimum Gasteiger partial charge on any atom is -0.383 e. The Kier molecular flexibility index (Phi) is 5.65. The molecule has 0 aromatic rings. The molecule has 0 saturated carbocycles. The van der Waals surface area contributed by atoms with Crippen molar-refractivity contribution in [3.63, 3.8) is 0 Å². The second kappa shape index (κ2) is 6.80. The standard InChI is InChI=1S/C11H22N2O2/c1-13(7-8-15-2)11(14)9-10-5-3-4-6-12-10/h10,12H,3-9H2,1-2H3. The fourth-order valence-corrected chi connectivity index (χ4v) is 1.82. The molecule has 0 aromatic carbocycles. The highest BCUT2D eigenvalue weighted by atomic mass is 16.5. The molecule has 0 radical (unpaired) electrons. The second-order valence-electron chi connectivity index (χ2n) is 4.16. The van der Waals surface area contributed by atoms with Crippen LogP contribution in [0.5, 0.6) is 0 Å². The van der Waals surface area contributed by atoms with Gasteiger partial charge in [0.15, 0.2) is 0 Å². The van der Waals surface area contributed by atoms with Gasteiger partial charge in [-0.1, -0.05) is 6.42 Å². The van der Waals surface area contributed by atoms with Crippen molar-refractivity contribution in [1.82, 2.24) is 10.2 Å². The third-order valence-electron chi connectivity index (χ3n) is 2.89. The number of rotatable bonds is 5. The zero-order valence-corrected chi connectivity index (χ0v) is 9.79. The summed E-state index contributed by atoms with van der Waals surface area (Å²) in [7, 11) is 3.49. The van der Waals surface area contributed by atoms with Crippen molar-refractivity contribution in [2.24, 2.45) is 0 Å². The summed E-state index contributed by atoms with van der Waals surface area (Å²) in [5, 5.41) is 3.38. The number of amides is 1. The molecule has 1 saturated heterocycles. The average Bonchev–Trinajstić information content (AvgIpc) is 2.27. The summed E-state index contributed by atoms with van der Waals surface area (Å²) < 4.78 is 4.94. The molecule has 0 bridgehead atoms. The van der Waals surface area contributed by atoms with Gasteiger partial charge in [-0.3, -0.25) is 4.79 Å². The van der Waals surface area contributed by atoms with Crippen LogP contribution >= 0.6 is 0 Å². The molecular formula is C11H22N2O2. The van der Waals surface area contributed by atoms with Gasteiger partial charge in [-0.05, 0) is 19.4 Å². The molecule has 1 heterocycles. The van der Waals surface area contributed by atoms with Crippen LogP contribution in [-0.4, -0.2) is 50.7 Å². The topological polar surface area (TPSA) is 41.6 Å². The van der Waals surface area contributed by atoms with Gasteiger partial charge in [0.05, 0.1) is 6.61 Å². The van der Waals surface area contributed by atoms with Crippen LogP contribution in [0.3, 0.4) is 0 Å². The quantitative estimate of drug-likeness (QED) is 0.729. The van der Waals surface area contributed by atoms with Gasteiger partial charge in [0.25, 0.3) is 0 Å². The van der Waals surface area contributed by atoms with E-state index in [0.717, 1.165) is 13.0 Å². The minimum absolute atomic E-state index is 0.214. The average molecular weight is 214 g/mol. The number of methoxy groups -OCH3 is 1. The van der Waals surface area contributed by atoms with Crippen LogP contribution in [0.4, 0.5) is 0 Å². The highest BCUT2D eigenvalue weighted by Gasteiger charge is 2.18. The molecule has 4 nitrogen and oxygen atoms in total. The number of carbonyl (C=O) groups excluding carboxylic acids is 1. The van der Waals surface area contributed by atoms with Gasteiger partial charge in [0, 0.05) is 33.2 Å². The number of hydrogen-bond acceptors (Lipinski definition) is 3. The van der Waals surface area contributed by atoms with E-state index < -0.39 is 0 Å². The van der Waals surface area contributed by atoms with Crippen molar-refractivity contribution in [3.8, 4) is 0 Å². The van der Waals surface area contributed by atoms with Crippen molar-refractivity contribution < 1.29 is 9.53 Å². The highest BCUT2D eigenvalue weighted by Crippen LogP contribution is 2.10. The molecule has 0 aromatic heterocycles. The monoisotopic (exact) mass is 214 g/mol. The maximum absolute atomic E-state index is 11.7. The molecule has 1 atom stereocenters. The first-order valence-electron chi connectivity index (χ1n) is 5.70. The summed E-state index contributed by atoms with van der Waals surface area (Å²) in [6, 6.07) is 0.385. The molecule has 1 unspecified atom stereocenters. The summed E-state index contributed by atoms with van der Waals surface area (Å²) in [5.41, 5.74) is 0. The van der Waals surface area contributed by atoms with E-state index in [1.54, 1.807) is 12.0 Å². The van der Waals surface area contributed by atoms with Crippen LogP contribution in [0.2, 0.25) is 0 Å². The van der Waals surface area contributed by atoms with E-state index in [1.165, 1.54) is 12.8 Å². The molecule has 1 fully saturated rings. The van der Waals surface area contributed by atoms with Crippen molar-refractivity contribution in [1.29, 1.82) is 0 Å². The molecule has 15 heavy (non-hydrogen) atoms. The Morgan fingerprint density at radius 1 is 1.53 bits per heavy atom. The first-order chi connectivity index (χ1) is 7.24. The maximum Gasteiger partial charge on any atom is 0.223 e. The van der Waals surface area contributed by atoms with Crippen LogP contribution < -0.4 is 5.32 Å². The number of carbonyl (C=O) groups is 1. The molecule has 0 aliphatic carbocycles. The molecule has 4 heteroatoms. The number of hydrogen-bond donors (Lipinski definition) is 1. The lowest BCUT2D eigenvalue weighted by molar-refractivity contribution is -0.131. The lowest BCUT2D eigenvalue weighted by Gasteiger charge is -2.25. The number of nitrogens with one attached hydrogen (secondary N) is 1. The van der Waals surface area contributed by atoms with E-state index in [1.807, 2.05) is 7.05 Å². The zero-order valence-electron chi connectivity index (χ0n) is 9.79. The summed E-state index contributed by atoms with van der Waals surface area (Å²) in [6.07, 6.45) is 4.24. The first-order valence-corrected chi connectivity index (χ1v) is 5.70. The SMILES string of the molecule is COCCN(C)C(=O)CC1CCCCN1. The molecule has 88 valence electrons. The summed E-state index contributed by atoms with van der Waals surface area (Å²) in [4.78, 5) is 13.5. The van der Waals surface area contributed by atoms with Crippen LogP contribution in [-0.2, 0) is 9.53 Å². The van der Waals surface area contributed by atoms with Crippen molar-refractivity contribution >= 4 is 5.91 Å². The Morgan fingerprint density at radius 3 is 2.93 bits per heavy atom. The minimum atomic E-state index is 0.214. The van der Waals surface area contributed by atoms with Gasteiger partial charge in [0.2, 0.25) is 5.91 Å². The predicted octanol–water partition coefficient (Wildman–Crippen LogP) is 0.623. The van der Waals surface area contributed by atoms with E-state index in [4.69, 9.17) is 4.74 Å². The van der Waals surface area contributed by atoms with Crippen molar-refractivity contribution in [2.75, 3.05) is 33.9 Å². The number of ether oxygens (including phenoxy) is 1. The first kappa shape index (κ1) is 12.5. The largest absolute Gasteiger partial charge is 0.383 e. The molecule has 1 amide bonds. The fraction of sp³-hybridized carbons (Fsp3) is 0.909. The Morgan fingerprint density at radius 2 is 2.33 bits per heavy atom. The third-order valence-corrected chi connectivity index (χ3v) is 2.89. The Balaban J connectivity index is 2.20. The highest BCUT2D eigenvalue weighted by molar-refractivity contribution is 5.76. The molecule has 1 aliphatic rings. The zero-order chi connectivity index (χ0) is 11.1. The Bertz CT molecular complexity index is 191. The molecule has 1 aliphatic heterocycles. The van der Waals surface area contributed by atoms with Crippen molar-refractivity contribution in [3.05, 3.63) is 0 Å². The van der Waals surface area contributed by atoms with Crippen LogP contribution in [0, 0.1) is 0 Å². The number of likely N-dealkylation sites (N-methyl/N-ethyl adjacent to an activating group) is 1. The van der Waals surface area contributed by atoms with Gasteiger partial charge < -0.3 is 15.0 Å². The molecule has 1 rings (SSSR count). The lowest BCUT2D eigenvalue weighted by Crippen LogP contribution is -2.40. The molecular weight excluding hydrogens is 192 g/mol. The van der Waals surface area contributed by atoms with Gasteiger partial charge >= 0.3 is 0 Å². The lowest BCUT2D eigenvalue weighted by atomic mass is 10.0. The van der Waals surface area contributed by atoms with E-state index in [2.05, 4.69) is 5.32 Å². The van der Waals surface area contributed by atoms with Gasteiger partial charge in [-0.15, -0.1) is 0 Å². The van der Waals surface area contributed by atoms with Crippen LogP contribution in [0.1, 0.15) is 25.7 Å². The van der Waals surface area contributed by atoms with Crippen molar-refractivity contribution in [2.45, 2.75) is 31.7 Å². The van der Waals surface area contributed by atoms with E-state index in [9.17, 15) is 4.79 Å². The summed E-state index contributed by atoms with van der Waals surface area (Å²) >= 11 is 0.